The van der Waals surface area contributed by atoms with Crippen molar-refractivity contribution in [3.63, 3.8) is 0 Å². The Morgan fingerprint density at radius 3 is 2.50 bits per heavy atom. The Bertz CT molecular complexity index is 242. The van der Waals surface area contributed by atoms with Crippen LogP contribution in [0.25, 0.3) is 0 Å². The molecule has 0 aromatic rings. The summed E-state index contributed by atoms with van der Waals surface area (Å²) >= 11 is 0. The third-order valence-corrected chi connectivity index (χ3v) is 3.52. The number of ether oxygens (including phenoxy) is 1. The predicted octanol–water partition coefficient (Wildman–Crippen LogP) is 0.332. The zero-order valence-electron chi connectivity index (χ0n) is 10.3. The van der Waals surface area contributed by atoms with Crippen molar-refractivity contribution in [3.8, 4) is 0 Å². The molecule has 0 aromatic heterocycles. The maximum absolute atomic E-state index is 11.4. The number of unbranched alkanes of at least 4 members (excludes halogenated alkanes) is 1. The first-order valence-corrected chi connectivity index (χ1v) is 7.47. The first-order valence-electron chi connectivity index (χ1n) is 5.82. The smallest absolute Gasteiger partial charge is 0.211 e. The van der Waals surface area contributed by atoms with E-state index in [1.807, 2.05) is 7.05 Å². The molecule has 0 amide bonds. The minimum atomic E-state index is -3.12. The number of sulfonamides is 1. The fourth-order valence-corrected chi connectivity index (χ4v) is 2.19. The van der Waals surface area contributed by atoms with Gasteiger partial charge in [0.2, 0.25) is 10.0 Å². The lowest BCUT2D eigenvalue weighted by Gasteiger charge is -2.07. The molecule has 0 spiro atoms. The minimum absolute atomic E-state index is 0.169. The molecule has 0 aromatic carbocycles. The summed E-state index contributed by atoms with van der Waals surface area (Å²) < 4.78 is 30.6. The van der Waals surface area contributed by atoms with Gasteiger partial charge >= 0.3 is 0 Å². The van der Waals surface area contributed by atoms with Gasteiger partial charge in [0.15, 0.2) is 0 Å². The predicted molar refractivity (Wildman–Crippen MR) is 66.1 cm³/mol. The second-order valence-electron chi connectivity index (χ2n) is 3.64. The minimum Gasteiger partial charge on any atom is -0.380 e. The van der Waals surface area contributed by atoms with E-state index in [1.54, 1.807) is 0 Å². The van der Waals surface area contributed by atoms with Gasteiger partial charge in [-0.2, -0.15) is 0 Å². The first kappa shape index (κ1) is 15.8. The molecule has 0 saturated heterocycles. The number of hydrogen-bond donors (Lipinski definition) is 2. The summed E-state index contributed by atoms with van der Waals surface area (Å²) in [5.41, 5.74) is 0. The molecule has 0 bridgehead atoms. The molecule has 0 aliphatic carbocycles. The Labute approximate surface area is 99.0 Å². The van der Waals surface area contributed by atoms with Crippen molar-refractivity contribution in [1.82, 2.24) is 10.0 Å². The van der Waals surface area contributed by atoms with Gasteiger partial charge in [0.1, 0.15) is 0 Å². The molecule has 0 aliphatic rings. The van der Waals surface area contributed by atoms with Crippen LogP contribution in [0.3, 0.4) is 0 Å². The zero-order valence-corrected chi connectivity index (χ0v) is 11.1. The zero-order chi connectivity index (χ0) is 12.3. The molecule has 0 heterocycles. The van der Waals surface area contributed by atoms with E-state index in [0.717, 1.165) is 12.8 Å². The van der Waals surface area contributed by atoms with E-state index < -0.39 is 10.0 Å². The van der Waals surface area contributed by atoms with E-state index in [0.29, 0.717) is 32.7 Å². The Kier molecular flexibility index (Phi) is 9.91. The third-order valence-electron chi connectivity index (χ3n) is 2.05. The quantitative estimate of drug-likeness (QED) is 0.520. The van der Waals surface area contributed by atoms with Crippen LogP contribution < -0.4 is 10.0 Å². The highest BCUT2D eigenvalue weighted by Gasteiger charge is 2.07. The van der Waals surface area contributed by atoms with Gasteiger partial charge in [0, 0.05) is 13.2 Å². The largest absolute Gasteiger partial charge is 0.380 e. The van der Waals surface area contributed by atoms with Gasteiger partial charge in [0.25, 0.3) is 0 Å². The maximum Gasteiger partial charge on any atom is 0.211 e. The molecular weight excluding hydrogens is 228 g/mol. The fraction of sp³-hybridized carbons (Fsp3) is 1.00. The first-order chi connectivity index (χ1) is 7.62. The molecule has 0 atom stereocenters. The molecule has 5 nitrogen and oxygen atoms in total. The Hall–Kier alpha value is -0.170. The highest BCUT2D eigenvalue weighted by Crippen LogP contribution is 1.90. The van der Waals surface area contributed by atoms with E-state index in [4.69, 9.17) is 4.74 Å². The van der Waals surface area contributed by atoms with Crippen LogP contribution in [0, 0.1) is 0 Å². The van der Waals surface area contributed by atoms with Crippen LogP contribution in [-0.2, 0) is 14.8 Å². The van der Waals surface area contributed by atoms with Gasteiger partial charge in [-0.15, -0.1) is 0 Å². The Balaban J connectivity index is 3.43. The van der Waals surface area contributed by atoms with E-state index in [2.05, 4.69) is 17.0 Å². The average molecular weight is 252 g/mol. The van der Waals surface area contributed by atoms with Crippen LogP contribution in [0.4, 0.5) is 0 Å². The molecular formula is C10H24N2O3S. The number of hydrogen-bond acceptors (Lipinski definition) is 4. The molecule has 0 radical (unpaired) electrons. The fourth-order valence-electron chi connectivity index (χ4n) is 1.13. The van der Waals surface area contributed by atoms with Gasteiger partial charge in [-0.1, -0.05) is 13.3 Å². The average Bonchev–Trinajstić information content (AvgIpc) is 2.23. The van der Waals surface area contributed by atoms with E-state index in [1.165, 1.54) is 0 Å². The maximum atomic E-state index is 11.4. The van der Waals surface area contributed by atoms with Crippen molar-refractivity contribution >= 4 is 10.0 Å². The second kappa shape index (κ2) is 10.0. The van der Waals surface area contributed by atoms with Gasteiger partial charge < -0.3 is 10.1 Å². The summed E-state index contributed by atoms with van der Waals surface area (Å²) in [5.74, 6) is 0.169. The molecule has 0 rings (SSSR count). The highest BCUT2D eigenvalue weighted by atomic mass is 32.2. The lowest BCUT2D eigenvalue weighted by Crippen LogP contribution is -2.30. The Morgan fingerprint density at radius 1 is 1.12 bits per heavy atom. The second-order valence-corrected chi connectivity index (χ2v) is 5.56. The van der Waals surface area contributed by atoms with E-state index in [9.17, 15) is 8.42 Å². The highest BCUT2D eigenvalue weighted by molar-refractivity contribution is 7.89. The van der Waals surface area contributed by atoms with Crippen molar-refractivity contribution in [2.45, 2.75) is 26.2 Å². The molecule has 6 heteroatoms. The van der Waals surface area contributed by atoms with Crippen LogP contribution in [0.15, 0.2) is 0 Å². The van der Waals surface area contributed by atoms with Gasteiger partial charge in [-0.3, -0.25) is 0 Å². The van der Waals surface area contributed by atoms with Crippen LogP contribution in [0.5, 0.6) is 0 Å². The normalized spacial score (nSPS) is 11.9. The van der Waals surface area contributed by atoms with Crippen LogP contribution in [0.1, 0.15) is 26.2 Å². The number of nitrogens with one attached hydrogen (secondary N) is 2. The summed E-state index contributed by atoms with van der Waals surface area (Å²) in [5, 5.41) is 2.91. The molecule has 0 fully saturated rings. The molecule has 16 heavy (non-hydrogen) atoms. The third kappa shape index (κ3) is 10.4. The summed E-state index contributed by atoms with van der Waals surface area (Å²) in [6.45, 7) is 4.33. The summed E-state index contributed by atoms with van der Waals surface area (Å²) in [6, 6.07) is 0. The topological polar surface area (TPSA) is 67.4 Å². The van der Waals surface area contributed by atoms with Crippen molar-refractivity contribution in [2.24, 2.45) is 0 Å². The standard InChI is InChI=1S/C10H24N2O3S/c1-3-4-8-15-9-7-12-16(13,14)10-5-6-11-2/h11-12H,3-10H2,1-2H3. The van der Waals surface area contributed by atoms with Gasteiger partial charge in [0.05, 0.1) is 12.4 Å². The van der Waals surface area contributed by atoms with Crippen LogP contribution in [0.2, 0.25) is 0 Å². The lowest BCUT2D eigenvalue weighted by atomic mass is 10.4. The van der Waals surface area contributed by atoms with Crippen molar-refractivity contribution < 1.29 is 13.2 Å². The Morgan fingerprint density at radius 2 is 1.88 bits per heavy atom. The van der Waals surface area contributed by atoms with Crippen molar-refractivity contribution in [2.75, 3.05) is 39.1 Å². The monoisotopic (exact) mass is 252 g/mol. The van der Waals surface area contributed by atoms with E-state index in [-0.39, 0.29) is 5.75 Å². The summed E-state index contributed by atoms with van der Waals surface area (Å²) in [4.78, 5) is 0. The van der Waals surface area contributed by atoms with Crippen LogP contribution in [-0.4, -0.2) is 47.5 Å². The van der Waals surface area contributed by atoms with Crippen LogP contribution >= 0.6 is 0 Å². The van der Waals surface area contributed by atoms with Crippen molar-refractivity contribution in [1.29, 1.82) is 0 Å². The van der Waals surface area contributed by atoms with Gasteiger partial charge in [-0.25, -0.2) is 13.1 Å². The molecule has 0 unspecified atom stereocenters. The molecule has 2 N–H and O–H groups in total. The molecule has 98 valence electrons. The molecule has 0 saturated carbocycles. The van der Waals surface area contributed by atoms with Crippen molar-refractivity contribution in [3.05, 3.63) is 0 Å². The summed E-state index contributed by atoms with van der Waals surface area (Å²) in [6.07, 6.45) is 2.74. The number of rotatable bonds is 11. The molecule has 0 aliphatic heterocycles. The van der Waals surface area contributed by atoms with Gasteiger partial charge in [-0.05, 0) is 26.4 Å². The van der Waals surface area contributed by atoms with E-state index >= 15 is 0 Å². The summed E-state index contributed by atoms with van der Waals surface area (Å²) in [7, 11) is -1.31. The lowest BCUT2D eigenvalue weighted by molar-refractivity contribution is 0.136. The SMILES string of the molecule is CCCCOCCNS(=O)(=O)CCCNC.